The normalized spacial score (nSPS) is 10.9. The van der Waals surface area contributed by atoms with Crippen molar-refractivity contribution < 1.29 is 64.3 Å². The van der Waals surface area contributed by atoms with Gasteiger partial charge in [-0.3, -0.25) is 4.68 Å². The number of aromatic nitrogens is 2. The topological polar surface area (TPSA) is 17.8 Å². The van der Waals surface area contributed by atoms with Crippen molar-refractivity contribution in [2.45, 2.75) is 13.5 Å². The molecule has 72 valence electrons. The van der Waals surface area contributed by atoms with E-state index in [0.717, 1.165) is 5.56 Å². The maximum absolute atomic E-state index is 12.1. The van der Waals surface area contributed by atoms with Gasteiger partial charge < -0.3 is 12.9 Å². The monoisotopic (exact) mass is 228 g/mol. The van der Waals surface area contributed by atoms with Crippen LogP contribution in [0.2, 0.25) is 0 Å². The van der Waals surface area contributed by atoms with Crippen LogP contribution >= 0.6 is 0 Å². The summed E-state index contributed by atoms with van der Waals surface area (Å²) in [4.78, 5) is 0. The molecule has 0 fully saturated rings. The molecule has 2 nitrogen and oxygen atoms in total. The van der Waals surface area contributed by atoms with E-state index in [-0.39, 0.29) is 57.9 Å². The smallest absolute Gasteiger partial charge is 0.445 e. The molecule has 0 radical (unpaired) electrons. The summed E-state index contributed by atoms with van der Waals surface area (Å²) < 4.78 is 37.4. The Balaban J connectivity index is 0.00000169. The molecule has 0 atom stereocenters. The number of hydrogen-bond donors (Lipinski definition) is 0. The summed E-state index contributed by atoms with van der Waals surface area (Å²) in [7, 11) is 0. The van der Waals surface area contributed by atoms with Crippen molar-refractivity contribution in [2.75, 3.05) is 0 Å². The van der Waals surface area contributed by atoms with E-state index in [4.69, 9.17) is 0 Å². The molecule has 0 spiro atoms. The van der Waals surface area contributed by atoms with E-state index in [2.05, 4.69) is 11.7 Å². The summed E-state index contributed by atoms with van der Waals surface area (Å²) in [6.45, 7) is -0.483. The van der Waals surface area contributed by atoms with Crippen LogP contribution in [0.1, 0.15) is 5.56 Å². The minimum atomic E-state index is -4.94. The van der Waals surface area contributed by atoms with Gasteiger partial charge in [-0.05, 0) is 12.5 Å². The van der Waals surface area contributed by atoms with Gasteiger partial charge >= 0.3 is 58.4 Å². The molecule has 0 aliphatic rings. The van der Waals surface area contributed by atoms with Gasteiger partial charge in [-0.1, -0.05) is 0 Å². The number of nitrogens with zero attached hydrogens (tertiary/aromatic N) is 2. The minimum absolute atomic E-state index is 0. The molecule has 0 saturated carbocycles. The second-order valence-corrected chi connectivity index (χ2v) is 2.95. The second kappa shape index (κ2) is 5.50. The number of halogens is 3. The molecular formula is C7H9BF3KN2. The van der Waals surface area contributed by atoms with E-state index in [9.17, 15) is 12.9 Å². The predicted molar refractivity (Wildman–Crippen MR) is 45.2 cm³/mol. The first-order valence-electron chi connectivity index (χ1n) is 3.76. The van der Waals surface area contributed by atoms with E-state index in [1.54, 1.807) is 13.1 Å². The Kier molecular flexibility index (Phi) is 5.68. The van der Waals surface area contributed by atoms with Crippen molar-refractivity contribution in [3.05, 3.63) is 30.0 Å². The molecule has 0 saturated heterocycles. The average molecular weight is 228 g/mol. The third kappa shape index (κ3) is 4.31. The minimum Gasteiger partial charge on any atom is -0.445 e. The summed E-state index contributed by atoms with van der Waals surface area (Å²) in [6, 6.07) is 0. The average Bonchev–Trinajstić information content (AvgIpc) is 2.33. The van der Waals surface area contributed by atoms with Gasteiger partial charge in [-0.2, -0.15) is 5.10 Å². The Labute approximate surface area is 123 Å². The van der Waals surface area contributed by atoms with Gasteiger partial charge in [0.1, 0.15) is 0 Å². The van der Waals surface area contributed by atoms with E-state index >= 15 is 0 Å². The van der Waals surface area contributed by atoms with Crippen molar-refractivity contribution in [1.82, 2.24) is 9.78 Å². The standard InChI is InChI=1S/C7H9BF3N2.K/c1-6-3-12-13(4-6)5-7(2)8(9,10)11;/h3-4H,2,5H2,1H3;/q-1;+1. The van der Waals surface area contributed by atoms with Crippen LogP contribution in [0.3, 0.4) is 0 Å². The first-order chi connectivity index (χ1) is 5.89. The zero-order valence-corrected chi connectivity index (χ0v) is 11.3. The van der Waals surface area contributed by atoms with E-state index < -0.39 is 12.4 Å². The molecule has 0 bridgehead atoms. The molecule has 1 rings (SSSR count). The fraction of sp³-hybridized carbons (Fsp3) is 0.286. The predicted octanol–water partition coefficient (Wildman–Crippen LogP) is -0.862. The quantitative estimate of drug-likeness (QED) is 0.615. The van der Waals surface area contributed by atoms with Crippen LogP contribution in [0.5, 0.6) is 0 Å². The van der Waals surface area contributed by atoms with Crippen molar-refractivity contribution >= 4 is 6.98 Å². The second-order valence-electron chi connectivity index (χ2n) is 2.95. The van der Waals surface area contributed by atoms with Gasteiger partial charge in [0, 0.05) is 12.7 Å². The SMILES string of the molecule is C=C(Cn1cc(C)cn1)[B-](F)(F)F.[K+]. The molecule has 0 aliphatic heterocycles. The molecule has 0 amide bonds. The molecule has 0 aliphatic carbocycles. The van der Waals surface area contributed by atoms with Crippen LogP contribution in [-0.2, 0) is 6.54 Å². The van der Waals surface area contributed by atoms with E-state index in [0.29, 0.717) is 0 Å². The summed E-state index contributed by atoms with van der Waals surface area (Å²) in [5.74, 6) is 0. The van der Waals surface area contributed by atoms with E-state index in [1.165, 1.54) is 10.9 Å². The van der Waals surface area contributed by atoms with Gasteiger partial charge in [-0.15, -0.1) is 12.1 Å². The summed E-state index contributed by atoms with van der Waals surface area (Å²) in [6.07, 6.45) is 3.06. The molecule has 7 heteroatoms. The Bertz CT molecular complexity index is 321. The zero-order chi connectivity index (χ0) is 10.1. The third-order valence-electron chi connectivity index (χ3n) is 1.59. The maximum Gasteiger partial charge on any atom is 1.00 e. The van der Waals surface area contributed by atoms with Gasteiger partial charge in [0.2, 0.25) is 0 Å². The number of aryl methyl sites for hydroxylation is 1. The fourth-order valence-electron chi connectivity index (χ4n) is 0.865. The van der Waals surface area contributed by atoms with Crippen LogP contribution in [0.15, 0.2) is 24.4 Å². The van der Waals surface area contributed by atoms with Crippen molar-refractivity contribution in [1.29, 1.82) is 0 Å². The summed E-state index contributed by atoms with van der Waals surface area (Å²) >= 11 is 0. The van der Waals surface area contributed by atoms with Gasteiger partial charge in [-0.25, -0.2) is 0 Å². The Morgan fingerprint density at radius 3 is 2.50 bits per heavy atom. The molecule has 14 heavy (non-hydrogen) atoms. The number of hydrogen-bond acceptors (Lipinski definition) is 1. The van der Waals surface area contributed by atoms with E-state index in [1.807, 2.05) is 0 Å². The molecule has 0 unspecified atom stereocenters. The first-order valence-corrected chi connectivity index (χ1v) is 3.76. The Hall–Kier alpha value is 0.441. The Morgan fingerprint density at radius 2 is 2.14 bits per heavy atom. The van der Waals surface area contributed by atoms with Crippen LogP contribution in [0.25, 0.3) is 0 Å². The van der Waals surface area contributed by atoms with Crippen LogP contribution < -0.4 is 51.4 Å². The van der Waals surface area contributed by atoms with Crippen molar-refractivity contribution in [3.8, 4) is 0 Å². The number of rotatable bonds is 3. The van der Waals surface area contributed by atoms with Gasteiger partial charge in [0.25, 0.3) is 0 Å². The Morgan fingerprint density at radius 1 is 1.57 bits per heavy atom. The molecule has 1 aromatic rings. The maximum atomic E-state index is 12.1. The van der Waals surface area contributed by atoms with Crippen molar-refractivity contribution in [2.24, 2.45) is 0 Å². The summed E-state index contributed by atoms with van der Waals surface area (Å²) in [5.41, 5.74) is 0.102. The molecule has 0 N–H and O–H groups in total. The van der Waals surface area contributed by atoms with Gasteiger partial charge in [0.05, 0.1) is 6.20 Å². The first kappa shape index (κ1) is 14.4. The van der Waals surface area contributed by atoms with Crippen LogP contribution in [0, 0.1) is 6.92 Å². The molecule has 0 aromatic carbocycles. The van der Waals surface area contributed by atoms with Crippen LogP contribution in [0.4, 0.5) is 12.9 Å². The van der Waals surface area contributed by atoms with Gasteiger partial charge in [0.15, 0.2) is 0 Å². The molecular weight excluding hydrogens is 219 g/mol. The summed E-state index contributed by atoms with van der Waals surface area (Å²) in [5, 5.41) is 3.74. The zero-order valence-electron chi connectivity index (χ0n) is 8.17. The van der Waals surface area contributed by atoms with Crippen molar-refractivity contribution in [3.63, 3.8) is 0 Å². The number of allylic oxidation sites excluding steroid dienone is 1. The third-order valence-corrected chi connectivity index (χ3v) is 1.59. The fourth-order valence-corrected chi connectivity index (χ4v) is 0.865. The van der Waals surface area contributed by atoms with Crippen LogP contribution in [-0.4, -0.2) is 16.8 Å². The molecule has 1 aromatic heterocycles. The molecule has 1 heterocycles. The largest absolute Gasteiger partial charge is 1.00 e.